The van der Waals surface area contributed by atoms with Crippen LogP contribution in [0.25, 0.3) is 0 Å². The quantitative estimate of drug-likeness (QED) is 0.722. The molecular weight excluding hydrogens is 356 g/mol. The van der Waals surface area contributed by atoms with Gasteiger partial charge in [0.2, 0.25) is 5.91 Å². The summed E-state index contributed by atoms with van der Waals surface area (Å²) < 4.78 is 0. The number of hydrogen-bond donors (Lipinski definition) is 1. The summed E-state index contributed by atoms with van der Waals surface area (Å²) in [6, 6.07) is 9.54. The van der Waals surface area contributed by atoms with Gasteiger partial charge in [0.15, 0.2) is 0 Å². The lowest BCUT2D eigenvalue weighted by molar-refractivity contribution is -0.140. The molecule has 1 aliphatic carbocycles. The van der Waals surface area contributed by atoms with Gasteiger partial charge in [0.05, 0.1) is 0 Å². The van der Waals surface area contributed by atoms with E-state index in [1.165, 1.54) is 0 Å². The molecule has 1 heterocycles. The van der Waals surface area contributed by atoms with Crippen molar-refractivity contribution in [2.75, 3.05) is 33.2 Å². The smallest absolute Gasteiger partial charge is 0.327 e. The van der Waals surface area contributed by atoms with E-state index in [0.29, 0.717) is 38.9 Å². The van der Waals surface area contributed by atoms with Crippen LogP contribution in [-0.2, 0) is 16.0 Å². The van der Waals surface area contributed by atoms with Crippen LogP contribution in [0, 0.1) is 0 Å². The van der Waals surface area contributed by atoms with E-state index < -0.39 is 5.54 Å². The fraction of sp³-hybridized carbons (Fsp3) is 0.571. The fourth-order valence-electron chi connectivity index (χ4n) is 4.33. The minimum atomic E-state index is -0.752. The lowest BCUT2D eigenvalue weighted by atomic mass is 9.81. The monoisotopic (exact) mass is 386 g/mol. The highest BCUT2D eigenvalue weighted by Crippen LogP contribution is 2.39. The summed E-state index contributed by atoms with van der Waals surface area (Å²) >= 11 is 0. The zero-order chi connectivity index (χ0) is 20.1. The maximum absolute atomic E-state index is 13.1. The first-order valence-electron chi connectivity index (χ1n) is 10.1. The first-order chi connectivity index (χ1) is 13.5. The highest BCUT2D eigenvalue weighted by molar-refractivity contribution is 6.08. The van der Waals surface area contributed by atoms with Crippen LogP contribution in [0.15, 0.2) is 30.3 Å². The van der Waals surface area contributed by atoms with E-state index in [-0.39, 0.29) is 24.4 Å². The Hall–Kier alpha value is -2.41. The van der Waals surface area contributed by atoms with Crippen LogP contribution in [0.4, 0.5) is 4.79 Å². The highest BCUT2D eigenvalue weighted by Gasteiger charge is 2.55. The van der Waals surface area contributed by atoms with Crippen molar-refractivity contribution in [3.8, 4) is 0 Å². The molecule has 152 valence electrons. The van der Waals surface area contributed by atoms with E-state index in [2.05, 4.69) is 0 Å². The second-order valence-corrected chi connectivity index (χ2v) is 7.73. The molecule has 28 heavy (non-hydrogen) atoms. The number of likely N-dealkylation sites (N-methyl/N-ethyl adjacent to an activating group) is 1. The van der Waals surface area contributed by atoms with Gasteiger partial charge in [0.25, 0.3) is 5.91 Å². The number of imide groups is 1. The second-order valence-electron chi connectivity index (χ2n) is 7.73. The van der Waals surface area contributed by atoms with Crippen LogP contribution >= 0.6 is 0 Å². The molecule has 3 rings (SSSR count). The van der Waals surface area contributed by atoms with Gasteiger partial charge >= 0.3 is 6.03 Å². The molecule has 7 heteroatoms. The molecule has 7 nitrogen and oxygen atoms in total. The average Bonchev–Trinajstić information content (AvgIpc) is 2.88. The Kier molecular flexibility index (Phi) is 6.34. The van der Waals surface area contributed by atoms with Crippen LogP contribution < -0.4 is 5.73 Å². The summed E-state index contributed by atoms with van der Waals surface area (Å²) in [4.78, 5) is 43.0. The fourth-order valence-corrected chi connectivity index (χ4v) is 4.33. The van der Waals surface area contributed by atoms with Crippen LogP contribution in [0.5, 0.6) is 0 Å². The topological polar surface area (TPSA) is 87.0 Å². The van der Waals surface area contributed by atoms with Gasteiger partial charge in [-0.2, -0.15) is 0 Å². The molecule has 0 atom stereocenters. The Balaban J connectivity index is 1.67. The second kappa shape index (κ2) is 8.73. The predicted molar refractivity (Wildman–Crippen MR) is 106 cm³/mol. The van der Waals surface area contributed by atoms with Crippen molar-refractivity contribution < 1.29 is 14.4 Å². The number of nitrogens with two attached hydrogens (primary N) is 1. The Bertz CT molecular complexity index is 716. The molecule has 0 bridgehead atoms. The standard InChI is InChI=1S/C21H30N4O3/c1-23-20(28)25(19(27)21(23)11-6-3-7-12-21)16-18(26)24(15-13-22)14-10-17-8-4-2-5-9-17/h2,4-5,8-9H,3,6-7,10-16,22H2,1H3. The third-order valence-corrected chi connectivity index (χ3v) is 6.04. The molecule has 1 aliphatic heterocycles. The van der Waals surface area contributed by atoms with E-state index >= 15 is 0 Å². The van der Waals surface area contributed by atoms with Gasteiger partial charge in [-0.05, 0) is 24.8 Å². The van der Waals surface area contributed by atoms with Crippen molar-refractivity contribution in [3.63, 3.8) is 0 Å². The zero-order valence-electron chi connectivity index (χ0n) is 16.6. The number of carbonyl (C=O) groups is 3. The molecule has 1 spiro atoms. The van der Waals surface area contributed by atoms with E-state index in [1.807, 2.05) is 30.3 Å². The lowest BCUT2D eigenvalue weighted by Gasteiger charge is -2.35. The van der Waals surface area contributed by atoms with Crippen molar-refractivity contribution in [2.45, 2.75) is 44.1 Å². The van der Waals surface area contributed by atoms with Crippen molar-refractivity contribution >= 4 is 17.8 Å². The zero-order valence-corrected chi connectivity index (χ0v) is 16.6. The van der Waals surface area contributed by atoms with Crippen molar-refractivity contribution in [2.24, 2.45) is 5.73 Å². The first kappa shape index (κ1) is 20.3. The normalized spacial score (nSPS) is 18.8. The molecule has 1 saturated carbocycles. The Labute approximate surface area is 166 Å². The molecular formula is C21H30N4O3. The summed E-state index contributed by atoms with van der Waals surface area (Å²) in [6.45, 7) is 1.05. The van der Waals surface area contributed by atoms with Gasteiger partial charge in [-0.3, -0.25) is 14.5 Å². The number of nitrogens with zero attached hydrogens (tertiary/aromatic N) is 3. The molecule has 0 aromatic heterocycles. The largest absolute Gasteiger partial charge is 0.340 e. The first-order valence-corrected chi connectivity index (χ1v) is 10.1. The molecule has 1 aromatic carbocycles. The minimum absolute atomic E-state index is 0.210. The molecule has 2 N–H and O–H groups in total. The summed E-state index contributed by atoms with van der Waals surface area (Å²) in [5.74, 6) is -0.451. The molecule has 0 radical (unpaired) electrons. The summed E-state index contributed by atoms with van der Waals surface area (Å²) in [5, 5.41) is 0. The predicted octanol–water partition coefficient (Wildman–Crippen LogP) is 1.61. The number of benzene rings is 1. The van der Waals surface area contributed by atoms with Crippen LogP contribution in [0.3, 0.4) is 0 Å². The van der Waals surface area contributed by atoms with E-state index in [1.54, 1.807) is 16.8 Å². The number of rotatable bonds is 7. The summed E-state index contributed by atoms with van der Waals surface area (Å²) in [7, 11) is 1.68. The molecule has 1 aromatic rings. The summed E-state index contributed by atoms with van der Waals surface area (Å²) in [5.41, 5.74) is 6.06. The Morgan fingerprint density at radius 2 is 1.79 bits per heavy atom. The molecule has 0 unspecified atom stereocenters. The van der Waals surface area contributed by atoms with E-state index in [0.717, 1.165) is 29.7 Å². The van der Waals surface area contributed by atoms with Crippen molar-refractivity contribution in [1.29, 1.82) is 0 Å². The van der Waals surface area contributed by atoms with Crippen LogP contribution in [-0.4, -0.2) is 71.3 Å². The molecule has 2 aliphatic rings. The van der Waals surface area contributed by atoms with Crippen LogP contribution in [0.2, 0.25) is 0 Å². The van der Waals surface area contributed by atoms with Gasteiger partial charge in [-0.15, -0.1) is 0 Å². The molecule has 1 saturated heterocycles. The van der Waals surface area contributed by atoms with Crippen LogP contribution in [0.1, 0.15) is 37.7 Å². The Morgan fingerprint density at radius 1 is 1.11 bits per heavy atom. The maximum Gasteiger partial charge on any atom is 0.327 e. The number of urea groups is 1. The third-order valence-electron chi connectivity index (χ3n) is 6.04. The molecule has 2 fully saturated rings. The van der Waals surface area contributed by atoms with Crippen molar-refractivity contribution in [1.82, 2.24) is 14.7 Å². The SMILES string of the molecule is CN1C(=O)N(CC(=O)N(CCN)CCc2ccccc2)C(=O)C12CCCCC2. The highest BCUT2D eigenvalue weighted by atomic mass is 16.2. The maximum atomic E-state index is 13.1. The average molecular weight is 386 g/mol. The minimum Gasteiger partial charge on any atom is -0.340 e. The third kappa shape index (κ3) is 3.90. The molecule has 4 amide bonds. The van der Waals surface area contributed by atoms with Gasteiger partial charge < -0.3 is 15.5 Å². The van der Waals surface area contributed by atoms with E-state index in [4.69, 9.17) is 5.73 Å². The Morgan fingerprint density at radius 3 is 2.43 bits per heavy atom. The lowest BCUT2D eigenvalue weighted by Crippen LogP contribution is -2.50. The van der Waals surface area contributed by atoms with Gasteiger partial charge in [0.1, 0.15) is 12.1 Å². The van der Waals surface area contributed by atoms with Gasteiger partial charge in [0, 0.05) is 26.7 Å². The number of hydrogen-bond acceptors (Lipinski definition) is 4. The van der Waals surface area contributed by atoms with Gasteiger partial charge in [-0.25, -0.2) is 4.79 Å². The van der Waals surface area contributed by atoms with E-state index in [9.17, 15) is 14.4 Å². The van der Waals surface area contributed by atoms with Crippen molar-refractivity contribution in [3.05, 3.63) is 35.9 Å². The summed E-state index contributed by atoms with van der Waals surface area (Å²) in [6.07, 6.45) is 5.01. The number of carbonyl (C=O) groups excluding carboxylic acids is 3. The van der Waals surface area contributed by atoms with Gasteiger partial charge in [-0.1, -0.05) is 49.6 Å². The number of amides is 4.